The van der Waals surface area contributed by atoms with Gasteiger partial charge in [0.15, 0.2) is 28.0 Å². The van der Waals surface area contributed by atoms with Crippen LogP contribution in [0.15, 0.2) is 59.0 Å². The van der Waals surface area contributed by atoms with Gasteiger partial charge in [0, 0.05) is 32.7 Å². The lowest BCUT2D eigenvalue weighted by atomic mass is 10.1. The van der Waals surface area contributed by atoms with E-state index in [0.29, 0.717) is 24.6 Å². The molecule has 0 spiro atoms. The number of hydrogen-bond donors (Lipinski definition) is 0. The van der Waals surface area contributed by atoms with E-state index in [1.807, 2.05) is 47.4 Å². The zero-order chi connectivity index (χ0) is 21.5. The lowest BCUT2D eigenvalue weighted by molar-refractivity contribution is 0.0598. The van der Waals surface area contributed by atoms with Crippen molar-refractivity contribution in [2.24, 2.45) is 0 Å². The molecule has 8 heteroatoms. The number of furan rings is 1. The van der Waals surface area contributed by atoms with Gasteiger partial charge in [-0.25, -0.2) is 4.98 Å². The summed E-state index contributed by atoms with van der Waals surface area (Å²) in [5, 5.41) is 0.791. The minimum Gasteiger partial charge on any atom is -0.454 e. The number of carbonyl (C=O) groups excluding carboxylic acids is 1. The highest BCUT2D eigenvalue weighted by atomic mass is 32.1. The number of aromatic nitrogens is 1. The van der Waals surface area contributed by atoms with Gasteiger partial charge in [0.25, 0.3) is 5.91 Å². The van der Waals surface area contributed by atoms with Gasteiger partial charge in [-0.2, -0.15) is 0 Å². The maximum Gasteiger partial charge on any atom is 0.289 e. The fourth-order valence-corrected chi connectivity index (χ4v) is 5.04. The maximum absolute atomic E-state index is 13.0. The number of rotatable bonds is 4. The molecule has 0 unspecified atom stereocenters. The molecule has 0 aliphatic carbocycles. The Morgan fingerprint density at radius 1 is 0.969 bits per heavy atom. The molecular formula is C24H21N3O4S. The van der Waals surface area contributed by atoms with Crippen LogP contribution in [-0.4, -0.2) is 53.7 Å². The summed E-state index contributed by atoms with van der Waals surface area (Å²) >= 11 is 1.57. The largest absolute Gasteiger partial charge is 0.454 e. The zero-order valence-corrected chi connectivity index (χ0v) is 18.1. The number of nitrogens with zero attached hydrogens (tertiary/aromatic N) is 3. The first-order valence-electron chi connectivity index (χ1n) is 10.6. The lowest BCUT2D eigenvalue weighted by Gasteiger charge is -2.34. The fourth-order valence-electron chi connectivity index (χ4n) is 4.11. The Morgan fingerprint density at radius 2 is 1.81 bits per heavy atom. The molecule has 4 heterocycles. The molecule has 2 aliphatic heterocycles. The van der Waals surface area contributed by atoms with Crippen LogP contribution in [0.1, 0.15) is 16.1 Å². The summed E-state index contributed by atoms with van der Waals surface area (Å²) in [7, 11) is 0. The van der Waals surface area contributed by atoms with Crippen LogP contribution in [0.5, 0.6) is 11.5 Å². The van der Waals surface area contributed by atoms with Crippen molar-refractivity contribution in [3.05, 3.63) is 65.9 Å². The molecular weight excluding hydrogens is 426 g/mol. The highest BCUT2D eigenvalue weighted by Gasteiger charge is 2.25. The van der Waals surface area contributed by atoms with E-state index in [9.17, 15) is 4.79 Å². The molecule has 0 bridgehead atoms. The van der Waals surface area contributed by atoms with Gasteiger partial charge in [-0.05, 0) is 42.0 Å². The molecule has 0 N–H and O–H groups in total. The molecule has 0 radical (unpaired) electrons. The van der Waals surface area contributed by atoms with Crippen LogP contribution in [0.2, 0.25) is 0 Å². The summed E-state index contributed by atoms with van der Waals surface area (Å²) in [5.41, 5.74) is 2.12. The molecule has 162 valence electrons. The zero-order valence-electron chi connectivity index (χ0n) is 17.3. The predicted molar refractivity (Wildman–Crippen MR) is 121 cm³/mol. The number of piperazine rings is 1. The summed E-state index contributed by atoms with van der Waals surface area (Å²) in [6.07, 6.45) is 0. The van der Waals surface area contributed by atoms with Crippen molar-refractivity contribution >= 4 is 27.5 Å². The van der Waals surface area contributed by atoms with Crippen molar-refractivity contribution in [1.29, 1.82) is 0 Å². The number of para-hydroxylation sites is 1. The third kappa shape index (κ3) is 3.61. The van der Waals surface area contributed by atoms with E-state index in [0.717, 1.165) is 46.4 Å². The fraction of sp³-hybridized carbons (Fsp3) is 0.250. The molecule has 2 aromatic heterocycles. The van der Waals surface area contributed by atoms with Crippen molar-refractivity contribution in [3.8, 4) is 22.3 Å². The molecule has 2 aliphatic rings. The first-order valence-corrected chi connectivity index (χ1v) is 11.4. The molecule has 7 nitrogen and oxygen atoms in total. The van der Waals surface area contributed by atoms with Crippen LogP contribution in [0.4, 0.5) is 0 Å². The number of carbonyl (C=O) groups is 1. The van der Waals surface area contributed by atoms with Crippen LogP contribution in [0.25, 0.3) is 21.0 Å². The van der Waals surface area contributed by atoms with Gasteiger partial charge in [-0.3, -0.25) is 9.69 Å². The number of amides is 1. The highest BCUT2D eigenvalue weighted by molar-refractivity contribution is 7.21. The number of hydrogen-bond acceptors (Lipinski definition) is 7. The second-order valence-corrected chi connectivity index (χ2v) is 8.94. The summed E-state index contributed by atoms with van der Waals surface area (Å²) < 4.78 is 17.8. The Balaban J connectivity index is 1.09. The second kappa shape index (κ2) is 7.96. The molecule has 1 amide bonds. The van der Waals surface area contributed by atoms with Crippen molar-refractivity contribution in [1.82, 2.24) is 14.8 Å². The summed E-state index contributed by atoms with van der Waals surface area (Å²) in [4.78, 5) is 21.8. The van der Waals surface area contributed by atoms with E-state index in [-0.39, 0.29) is 12.7 Å². The topological polar surface area (TPSA) is 68.0 Å². The molecule has 32 heavy (non-hydrogen) atoms. The third-order valence-electron chi connectivity index (χ3n) is 5.82. The number of benzene rings is 2. The van der Waals surface area contributed by atoms with Crippen molar-refractivity contribution in [2.45, 2.75) is 6.54 Å². The molecule has 1 fully saturated rings. The van der Waals surface area contributed by atoms with Crippen LogP contribution in [0.3, 0.4) is 0 Å². The van der Waals surface area contributed by atoms with E-state index < -0.39 is 0 Å². The van der Waals surface area contributed by atoms with Crippen LogP contribution in [0, 0.1) is 0 Å². The highest BCUT2D eigenvalue weighted by Crippen LogP contribution is 2.33. The average Bonchev–Trinajstić information content (AvgIpc) is 3.57. The number of ether oxygens (including phenoxy) is 2. The van der Waals surface area contributed by atoms with Crippen LogP contribution >= 0.6 is 11.3 Å². The second-order valence-electron chi connectivity index (χ2n) is 7.91. The Morgan fingerprint density at radius 3 is 2.69 bits per heavy atom. The molecule has 1 saturated heterocycles. The van der Waals surface area contributed by atoms with E-state index in [1.54, 1.807) is 17.4 Å². The average molecular weight is 448 g/mol. The molecule has 4 aromatic rings. The molecule has 0 saturated carbocycles. The molecule has 6 rings (SSSR count). The third-order valence-corrected chi connectivity index (χ3v) is 6.88. The van der Waals surface area contributed by atoms with Gasteiger partial charge in [0.2, 0.25) is 6.79 Å². The van der Waals surface area contributed by atoms with Crippen LogP contribution < -0.4 is 9.47 Å². The van der Waals surface area contributed by atoms with E-state index in [4.69, 9.17) is 13.9 Å². The van der Waals surface area contributed by atoms with Crippen LogP contribution in [-0.2, 0) is 6.54 Å². The Bertz CT molecular complexity index is 1260. The lowest BCUT2D eigenvalue weighted by Crippen LogP contribution is -2.48. The van der Waals surface area contributed by atoms with Gasteiger partial charge in [0.05, 0.1) is 10.2 Å². The smallest absolute Gasteiger partial charge is 0.289 e. The van der Waals surface area contributed by atoms with Gasteiger partial charge in [-0.15, -0.1) is 11.3 Å². The minimum atomic E-state index is -0.0694. The summed E-state index contributed by atoms with van der Waals surface area (Å²) in [5.74, 6) is 2.53. The van der Waals surface area contributed by atoms with E-state index in [1.165, 1.54) is 5.56 Å². The first kappa shape index (κ1) is 19.3. The van der Waals surface area contributed by atoms with Gasteiger partial charge in [0.1, 0.15) is 0 Å². The Kier molecular flexibility index (Phi) is 4.81. The Labute approximate surface area is 188 Å². The maximum atomic E-state index is 13.0. The first-order chi connectivity index (χ1) is 15.7. The number of fused-ring (bicyclic) bond motifs is 2. The van der Waals surface area contributed by atoms with Gasteiger partial charge >= 0.3 is 0 Å². The number of thiazole rings is 1. The van der Waals surface area contributed by atoms with E-state index >= 15 is 0 Å². The molecule has 2 aromatic carbocycles. The normalized spacial score (nSPS) is 16.1. The van der Waals surface area contributed by atoms with Crippen molar-refractivity contribution < 1.29 is 18.7 Å². The molecule has 0 atom stereocenters. The predicted octanol–water partition coefficient (Wildman–Crippen LogP) is 4.24. The van der Waals surface area contributed by atoms with Gasteiger partial charge < -0.3 is 18.8 Å². The quantitative estimate of drug-likeness (QED) is 0.466. The van der Waals surface area contributed by atoms with E-state index in [2.05, 4.69) is 16.0 Å². The monoisotopic (exact) mass is 447 g/mol. The minimum absolute atomic E-state index is 0.0694. The summed E-state index contributed by atoms with van der Waals surface area (Å²) in [6, 6.07) is 17.6. The van der Waals surface area contributed by atoms with Crippen molar-refractivity contribution in [2.75, 3.05) is 33.0 Å². The Hall–Kier alpha value is -3.36. The SMILES string of the molecule is O=C(c1ccc(-c2nc3ccccc3s2)o1)N1CCN(Cc2ccc3c(c2)OCO3)CC1. The van der Waals surface area contributed by atoms with Crippen molar-refractivity contribution in [3.63, 3.8) is 0 Å². The standard InChI is InChI=1S/C24H21N3O4S/c28-24(20-8-7-19(31-20)23-25-17-3-1-2-4-22(17)32-23)27-11-9-26(10-12-27)14-16-5-6-18-21(13-16)30-15-29-18/h1-8,13H,9-12,14-15H2. The van der Waals surface area contributed by atoms with Gasteiger partial charge in [-0.1, -0.05) is 18.2 Å². The summed E-state index contributed by atoms with van der Waals surface area (Å²) in [6.45, 7) is 4.06.